The molecular weight excluding hydrogens is 192 g/mol. The average molecular weight is 205 g/mol. The van der Waals surface area contributed by atoms with Crippen LogP contribution in [0.25, 0.3) is 0 Å². The van der Waals surface area contributed by atoms with E-state index in [1.165, 1.54) is 6.92 Å². The van der Waals surface area contributed by atoms with Crippen LogP contribution >= 0.6 is 11.6 Å². The monoisotopic (exact) mass is 204 g/mol. The summed E-state index contributed by atoms with van der Waals surface area (Å²) in [6.45, 7) is 3.61. The van der Waals surface area contributed by atoms with Gasteiger partial charge in [-0.2, -0.15) is 0 Å². The van der Waals surface area contributed by atoms with Crippen molar-refractivity contribution < 1.29 is 14.3 Å². The molecule has 1 heterocycles. The molecule has 0 bridgehead atoms. The van der Waals surface area contributed by atoms with Crippen LogP contribution in [0.1, 0.15) is 13.8 Å². The fourth-order valence-corrected chi connectivity index (χ4v) is 1.34. The van der Waals surface area contributed by atoms with Crippen molar-refractivity contribution in [3.8, 4) is 0 Å². The molecule has 0 aromatic carbocycles. The lowest BCUT2D eigenvalue weighted by Gasteiger charge is -2.28. The third-order valence-electron chi connectivity index (χ3n) is 2.06. The van der Waals surface area contributed by atoms with Crippen LogP contribution in [0.5, 0.6) is 0 Å². The third-order valence-corrected chi connectivity index (χ3v) is 2.60. The predicted octanol–water partition coefficient (Wildman–Crippen LogP) is 1.71. The third kappa shape index (κ3) is 2.92. The molecule has 0 saturated heterocycles. The van der Waals surface area contributed by atoms with Crippen molar-refractivity contribution in [1.29, 1.82) is 0 Å². The highest BCUT2D eigenvalue weighted by molar-refractivity contribution is 6.22. The highest BCUT2D eigenvalue weighted by Crippen LogP contribution is 2.23. The molecule has 0 spiro atoms. The summed E-state index contributed by atoms with van der Waals surface area (Å²) >= 11 is 5.97. The minimum atomic E-state index is -0.295. The molecule has 0 fully saturated rings. The zero-order valence-corrected chi connectivity index (χ0v) is 8.45. The molecule has 74 valence electrons. The minimum Gasteiger partial charge on any atom is -0.494 e. The average Bonchev–Trinajstić information content (AvgIpc) is 2.07. The van der Waals surface area contributed by atoms with Crippen molar-refractivity contribution in [1.82, 2.24) is 0 Å². The maximum Gasteiger partial charge on any atom is 0.302 e. The first-order valence-electron chi connectivity index (χ1n) is 4.21. The van der Waals surface area contributed by atoms with Gasteiger partial charge in [-0.05, 0) is 6.08 Å². The van der Waals surface area contributed by atoms with E-state index in [0.717, 1.165) is 0 Å². The number of carbonyl (C=O) groups is 1. The molecule has 3 unspecified atom stereocenters. The summed E-state index contributed by atoms with van der Waals surface area (Å²) in [5, 5.41) is -0.0469. The molecule has 0 N–H and O–H groups in total. The van der Waals surface area contributed by atoms with Crippen LogP contribution in [0, 0.1) is 5.92 Å². The molecule has 0 saturated carbocycles. The highest BCUT2D eigenvalue weighted by Gasteiger charge is 2.27. The Balaban J connectivity index is 2.42. The molecule has 0 aromatic rings. The van der Waals surface area contributed by atoms with Crippen molar-refractivity contribution in [3.63, 3.8) is 0 Å². The van der Waals surface area contributed by atoms with Gasteiger partial charge in [0.25, 0.3) is 0 Å². The largest absolute Gasteiger partial charge is 0.494 e. The van der Waals surface area contributed by atoms with Crippen LogP contribution < -0.4 is 0 Å². The van der Waals surface area contributed by atoms with E-state index in [1.54, 1.807) is 12.3 Å². The number of hydrogen-bond acceptors (Lipinski definition) is 3. The molecule has 1 aliphatic rings. The van der Waals surface area contributed by atoms with E-state index in [1.807, 2.05) is 6.92 Å². The van der Waals surface area contributed by atoms with Crippen molar-refractivity contribution in [2.75, 3.05) is 6.61 Å². The Morgan fingerprint density at radius 3 is 3.00 bits per heavy atom. The molecular formula is C9H13ClO3. The van der Waals surface area contributed by atoms with Gasteiger partial charge in [0.1, 0.15) is 12.7 Å². The molecule has 0 amide bonds. The van der Waals surface area contributed by atoms with Crippen LogP contribution in [0.3, 0.4) is 0 Å². The van der Waals surface area contributed by atoms with E-state index in [-0.39, 0.29) is 30.0 Å². The summed E-state index contributed by atoms with van der Waals surface area (Å²) < 4.78 is 10.1. The second-order valence-corrected chi connectivity index (χ2v) is 3.61. The number of allylic oxidation sites excluding steroid dienone is 1. The van der Waals surface area contributed by atoms with Crippen LogP contribution in [0.15, 0.2) is 12.3 Å². The van der Waals surface area contributed by atoms with Crippen molar-refractivity contribution in [2.45, 2.75) is 25.3 Å². The molecule has 0 aromatic heterocycles. The Bertz CT molecular complexity index is 215. The smallest absolute Gasteiger partial charge is 0.302 e. The summed E-state index contributed by atoms with van der Waals surface area (Å²) in [6, 6.07) is 0. The number of hydrogen-bond donors (Lipinski definition) is 0. The van der Waals surface area contributed by atoms with E-state index in [9.17, 15) is 4.79 Å². The van der Waals surface area contributed by atoms with Crippen LogP contribution in [0.2, 0.25) is 0 Å². The Morgan fingerprint density at radius 2 is 2.38 bits per heavy atom. The normalized spacial score (nSPS) is 32.4. The lowest BCUT2D eigenvalue weighted by molar-refractivity contribution is -0.145. The maximum atomic E-state index is 10.5. The van der Waals surface area contributed by atoms with E-state index in [4.69, 9.17) is 21.1 Å². The van der Waals surface area contributed by atoms with Gasteiger partial charge in [0.05, 0.1) is 11.6 Å². The quantitative estimate of drug-likeness (QED) is 0.508. The molecule has 0 aliphatic carbocycles. The zero-order valence-electron chi connectivity index (χ0n) is 7.70. The first-order chi connectivity index (χ1) is 6.11. The number of carbonyl (C=O) groups excluding carboxylic acids is 1. The van der Waals surface area contributed by atoms with Gasteiger partial charge in [-0.3, -0.25) is 4.79 Å². The van der Waals surface area contributed by atoms with Gasteiger partial charge in [0, 0.05) is 12.8 Å². The Morgan fingerprint density at radius 1 is 1.69 bits per heavy atom. The number of alkyl halides is 1. The fraction of sp³-hybridized carbons (Fsp3) is 0.667. The van der Waals surface area contributed by atoms with Crippen LogP contribution in [-0.2, 0) is 14.3 Å². The lowest BCUT2D eigenvalue weighted by Crippen LogP contribution is -2.34. The minimum absolute atomic E-state index is 0.0469. The second-order valence-electron chi connectivity index (χ2n) is 3.11. The Kier molecular flexibility index (Phi) is 3.60. The number of ether oxygens (including phenoxy) is 2. The first kappa shape index (κ1) is 10.4. The van der Waals surface area contributed by atoms with Crippen molar-refractivity contribution in [2.24, 2.45) is 5.92 Å². The van der Waals surface area contributed by atoms with Gasteiger partial charge in [-0.15, -0.1) is 11.6 Å². The van der Waals surface area contributed by atoms with Gasteiger partial charge in [-0.25, -0.2) is 0 Å². The molecule has 3 atom stereocenters. The van der Waals surface area contributed by atoms with E-state index < -0.39 is 0 Å². The molecule has 4 heteroatoms. The van der Waals surface area contributed by atoms with E-state index >= 15 is 0 Å². The van der Waals surface area contributed by atoms with Crippen molar-refractivity contribution in [3.05, 3.63) is 12.3 Å². The molecule has 3 nitrogen and oxygen atoms in total. The maximum absolute atomic E-state index is 10.5. The zero-order chi connectivity index (χ0) is 9.84. The van der Waals surface area contributed by atoms with Gasteiger partial charge >= 0.3 is 5.97 Å². The number of esters is 1. The Labute approximate surface area is 82.7 Å². The SMILES string of the molecule is CC(=O)OCC1OC=CC(Cl)C1C. The highest BCUT2D eigenvalue weighted by atomic mass is 35.5. The first-order valence-corrected chi connectivity index (χ1v) is 4.64. The predicted molar refractivity (Wildman–Crippen MR) is 49.5 cm³/mol. The molecule has 1 rings (SSSR count). The molecule has 1 aliphatic heterocycles. The summed E-state index contributed by atoms with van der Waals surface area (Å²) in [6.07, 6.45) is 3.22. The van der Waals surface area contributed by atoms with Gasteiger partial charge in [0.2, 0.25) is 0 Å². The Hall–Kier alpha value is -0.700. The fourth-order valence-electron chi connectivity index (χ4n) is 1.12. The van der Waals surface area contributed by atoms with E-state index in [0.29, 0.717) is 0 Å². The van der Waals surface area contributed by atoms with Crippen molar-refractivity contribution >= 4 is 17.6 Å². The topological polar surface area (TPSA) is 35.5 Å². The molecule has 13 heavy (non-hydrogen) atoms. The summed E-state index contributed by atoms with van der Waals surface area (Å²) in [5.41, 5.74) is 0. The summed E-state index contributed by atoms with van der Waals surface area (Å²) in [7, 11) is 0. The standard InChI is InChI=1S/C9H13ClO3/c1-6-8(10)3-4-12-9(6)5-13-7(2)11/h3-4,6,8-9H,5H2,1-2H3. The molecule has 0 radical (unpaired) electrons. The van der Waals surface area contributed by atoms with Crippen LogP contribution in [-0.4, -0.2) is 24.1 Å². The van der Waals surface area contributed by atoms with Gasteiger partial charge < -0.3 is 9.47 Å². The summed E-state index contributed by atoms with van der Waals surface area (Å²) in [4.78, 5) is 10.5. The lowest BCUT2D eigenvalue weighted by atomic mass is 9.99. The number of rotatable bonds is 2. The number of halogens is 1. The van der Waals surface area contributed by atoms with E-state index in [2.05, 4.69) is 0 Å². The van der Waals surface area contributed by atoms with Gasteiger partial charge in [-0.1, -0.05) is 6.92 Å². The summed E-state index contributed by atoms with van der Waals surface area (Å²) in [5.74, 6) is -0.137. The second kappa shape index (κ2) is 4.51. The van der Waals surface area contributed by atoms with Crippen LogP contribution in [0.4, 0.5) is 0 Å². The van der Waals surface area contributed by atoms with Gasteiger partial charge in [0.15, 0.2) is 0 Å².